The first kappa shape index (κ1) is 24.8. The van der Waals surface area contributed by atoms with Crippen molar-refractivity contribution in [2.75, 3.05) is 37.5 Å². The minimum atomic E-state index is -0.0583. The van der Waals surface area contributed by atoms with Crippen molar-refractivity contribution in [1.29, 1.82) is 0 Å². The van der Waals surface area contributed by atoms with Crippen molar-refractivity contribution in [2.45, 2.75) is 32.2 Å². The Morgan fingerprint density at radius 2 is 1.85 bits per heavy atom. The van der Waals surface area contributed by atoms with E-state index in [4.69, 9.17) is 14.7 Å². The molecule has 200 valence electrons. The van der Waals surface area contributed by atoms with E-state index in [9.17, 15) is 4.79 Å². The number of piperidine rings is 1. The molecule has 2 aliphatic rings. The quantitative estimate of drug-likeness (QED) is 0.384. The lowest BCUT2D eigenvalue weighted by molar-refractivity contribution is 0.0817. The maximum absolute atomic E-state index is 13.1. The minimum absolute atomic E-state index is 0.0583. The molecule has 1 N–H and O–H groups in total. The van der Waals surface area contributed by atoms with Gasteiger partial charge in [-0.25, -0.2) is 4.98 Å². The van der Waals surface area contributed by atoms with E-state index in [-0.39, 0.29) is 5.91 Å². The molecule has 1 fully saturated rings. The lowest BCUT2D eigenvalue weighted by Crippen LogP contribution is -2.29. The van der Waals surface area contributed by atoms with Crippen molar-refractivity contribution in [1.82, 2.24) is 29.6 Å². The van der Waals surface area contributed by atoms with Gasteiger partial charge in [0.05, 0.1) is 53.7 Å². The summed E-state index contributed by atoms with van der Waals surface area (Å²) in [7, 11) is 5.24. The third kappa shape index (κ3) is 4.89. The number of benzene rings is 1. The Morgan fingerprint density at radius 3 is 2.56 bits per heavy atom. The molecule has 0 atom stereocenters. The van der Waals surface area contributed by atoms with Crippen molar-refractivity contribution < 1.29 is 9.53 Å². The Bertz CT molecular complexity index is 1510. The molecule has 1 saturated heterocycles. The van der Waals surface area contributed by atoms with Crippen LogP contribution >= 0.6 is 0 Å². The maximum Gasteiger partial charge on any atom is 0.257 e. The summed E-state index contributed by atoms with van der Waals surface area (Å²) in [5.41, 5.74) is 6.46. The number of rotatable bonds is 7. The molecule has 0 radical (unpaired) electrons. The first-order valence-electron chi connectivity index (χ1n) is 13.3. The van der Waals surface area contributed by atoms with Crippen LogP contribution in [0.25, 0.3) is 11.4 Å². The molecule has 4 aromatic rings. The van der Waals surface area contributed by atoms with Crippen molar-refractivity contribution in [3.8, 4) is 17.1 Å². The van der Waals surface area contributed by atoms with Crippen LogP contribution in [0.4, 0.5) is 17.1 Å². The number of aryl methyl sites for hydroxylation is 1. The smallest absolute Gasteiger partial charge is 0.257 e. The number of nitrogens with zero attached hydrogens (tertiary/aromatic N) is 7. The highest BCUT2D eigenvalue weighted by atomic mass is 16.5. The normalized spacial score (nSPS) is 15.0. The third-order valence-electron chi connectivity index (χ3n) is 7.32. The number of methoxy groups -OCH3 is 1. The van der Waals surface area contributed by atoms with Crippen LogP contribution in [0, 0.1) is 0 Å². The van der Waals surface area contributed by atoms with Crippen LogP contribution in [0.2, 0.25) is 0 Å². The summed E-state index contributed by atoms with van der Waals surface area (Å²) in [5, 5.41) is 7.90. The van der Waals surface area contributed by atoms with Crippen molar-refractivity contribution in [2.24, 2.45) is 7.05 Å². The fourth-order valence-electron chi connectivity index (χ4n) is 5.37. The van der Waals surface area contributed by atoms with Gasteiger partial charge in [0.25, 0.3) is 5.91 Å². The van der Waals surface area contributed by atoms with Gasteiger partial charge in [-0.05, 0) is 49.6 Å². The summed E-state index contributed by atoms with van der Waals surface area (Å²) in [5.74, 6) is 1.11. The molecular weight excluding hydrogens is 492 g/mol. The summed E-state index contributed by atoms with van der Waals surface area (Å²) in [6, 6.07) is 11.9. The zero-order chi connectivity index (χ0) is 26.9. The molecule has 0 spiro atoms. The standard InChI is InChI=1S/C29H32N8O2/c1-35-17-25-26(29(35)38)24(33-23-9-7-8-22(27(23)39-3)28-31-18-36(2)34-28)15-20(32-25)14-19-10-11-21(16-30-19)37-12-5-4-6-13-37/h7-11,15-16,18H,4-6,12-14,17H2,1-3H3,(H,32,33). The average Bonchev–Trinajstić information content (AvgIpc) is 3.51. The van der Waals surface area contributed by atoms with Gasteiger partial charge in [0, 0.05) is 45.0 Å². The van der Waals surface area contributed by atoms with E-state index in [1.165, 1.54) is 24.9 Å². The topological polar surface area (TPSA) is 101 Å². The Kier molecular flexibility index (Phi) is 6.60. The molecule has 5 heterocycles. The number of hydrogen-bond acceptors (Lipinski definition) is 8. The van der Waals surface area contributed by atoms with Crippen LogP contribution in [0.1, 0.15) is 46.7 Å². The summed E-state index contributed by atoms with van der Waals surface area (Å²) in [6.07, 6.45) is 7.95. The van der Waals surface area contributed by atoms with E-state index in [1.807, 2.05) is 37.5 Å². The largest absolute Gasteiger partial charge is 0.494 e. The number of aromatic nitrogens is 5. The molecule has 0 unspecified atom stereocenters. The van der Waals surface area contributed by atoms with Gasteiger partial charge >= 0.3 is 0 Å². The molecule has 3 aromatic heterocycles. The number of hydrogen-bond donors (Lipinski definition) is 1. The van der Waals surface area contributed by atoms with Crippen LogP contribution in [-0.4, -0.2) is 62.8 Å². The Balaban J connectivity index is 1.32. The molecule has 1 aromatic carbocycles. The number of amides is 1. The van der Waals surface area contributed by atoms with Gasteiger partial charge in [-0.3, -0.25) is 19.4 Å². The van der Waals surface area contributed by atoms with Gasteiger partial charge in [-0.15, -0.1) is 0 Å². The first-order chi connectivity index (χ1) is 19.0. The zero-order valence-corrected chi connectivity index (χ0v) is 22.5. The van der Waals surface area contributed by atoms with Gasteiger partial charge in [-0.1, -0.05) is 6.07 Å². The van der Waals surface area contributed by atoms with Crippen molar-refractivity contribution in [3.63, 3.8) is 0 Å². The molecule has 6 rings (SSSR count). The van der Waals surface area contributed by atoms with Crippen LogP contribution in [0.15, 0.2) is 48.9 Å². The zero-order valence-electron chi connectivity index (χ0n) is 22.5. The van der Waals surface area contributed by atoms with Gasteiger partial charge in [-0.2, -0.15) is 5.10 Å². The fraction of sp³-hybridized carbons (Fsp3) is 0.345. The number of carbonyl (C=O) groups is 1. The molecule has 1 amide bonds. The maximum atomic E-state index is 13.1. The number of fused-ring (bicyclic) bond motifs is 1. The summed E-state index contributed by atoms with van der Waals surface area (Å²) >= 11 is 0. The number of para-hydroxylation sites is 1. The average molecular weight is 525 g/mol. The van der Waals surface area contributed by atoms with Crippen molar-refractivity contribution in [3.05, 3.63) is 71.6 Å². The molecule has 10 heteroatoms. The van der Waals surface area contributed by atoms with Crippen LogP contribution in [0.5, 0.6) is 5.75 Å². The number of pyridine rings is 2. The molecule has 39 heavy (non-hydrogen) atoms. The van der Waals surface area contributed by atoms with Gasteiger partial charge in [0.15, 0.2) is 11.6 Å². The summed E-state index contributed by atoms with van der Waals surface area (Å²) in [4.78, 5) is 31.2. The highest BCUT2D eigenvalue weighted by Gasteiger charge is 2.30. The lowest BCUT2D eigenvalue weighted by atomic mass is 10.1. The monoisotopic (exact) mass is 524 g/mol. The van der Waals surface area contributed by atoms with E-state index in [0.717, 1.165) is 35.7 Å². The molecule has 2 aliphatic heterocycles. The highest BCUT2D eigenvalue weighted by molar-refractivity contribution is 6.03. The Hall–Kier alpha value is -4.47. The number of carbonyl (C=O) groups excluding carboxylic acids is 1. The van der Waals surface area contributed by atoms with Gasteiger partial charge < -0.3 is 19.9 Å². The third-order valence-corrected chi connectivity index (χ3v) is 7.32. The number of ether oxygens (including phenoxy) is 1. The Morgan fingerprint density at radius 1 is 1.00 bits per heavy atom. The molecule has 0 saturated carbocycles. The predicted molar refractivity (Wildman–Crippen MR) is 149 cm³/mol. The Labute approximate surface area is 227 Å². The van der Waals surface area contributed by atoms with Gasteiger partial charge in [0.1, 0.15) is 6.33 Å². The van der Waals surface area contributed by atoms with Crippen molar-refractivity contribution >= 4 is 23.0 Å². The second-order valence-electron chi connectivity index (χ2n) is 10.1. The fourth-order valence-corrected chi connectivity index (χ4v) is 5.37. The molecular formula is C29H32N8O2. The van der Waals surface area contributed by atoms with E-state index in [0.29, 0.717) is 41.5 Å². The van der Waals surface area contributed by atoms with E-state index >= 15 is 0 Å². The van der Waals surface area contributed by atoms with Crippen LogP contribution in [0.3, 0.4) is 0 Å². The summed E-state index contributed by atoms with van der Waals surface area (Å²) < 4.78 is 7.44. The predicted octanol–water partition coefficient (Wildman–Crippen LogP) is 4.19. The molecule has 0 aliphatic carbocycles. The minimum Gasteiger partial charge on any atom is -0.494 e. The van der Waals surface area contributed by atoms with Crippen LogP contribution in [-0.2, 0) is 20.0 Å². The van der Waals surface area contributed by atoms with E-state index in [2.05, 4.69) is 32.4 Å². The first-order valence-corrected chi connectivity index (χ1v) is 13.3. The summed E-state index contributed by atoms with van der Waals surface area (Å²) in [6.45, 7) is 2.64. The van der Waals surface area contributed by atoms with E-state index in [1.54, 1.807) is 30.1 Å². The number of anilines is 3. The second kappa shape index (κ2) is 10.4. The molecule has 0 bridgehead atoms. The SMILES string of the molecule is COc1c(Nc2cc(Cc3ccc(N4CCCCC4)cn3)nc3c2C(=O)N(C)C3)cccc1-c1ncn(C)n1. The second-order valence-corrected chi connectivity index (χ2v) is 10.1. The number of nitrogens with one attached hydrogen (secondary N) is 1. The lowest BCUT2D eigenvalue weighted by Gasteiger charge is -2.28. The molecule has 10 nitrogen and oxygen atoms in total. The van der Waals surface area contributed by atoms with E-state index < -0.39 is 0 Å². The van der Waals surface area contributed by atoms with Crippen LogP contribution < -0.4 is 15.0 Å². The highest BCUT2D eigenvalue weighted by Crippen LogP contribution is 2.38. The van der Waals surface area contributed by atoms with Gasteiger partial charge in [0.2, 0.25) is 0 Å².